The number of aromatic carboxylic acids is 3. The predicted molar refractivity (Wildman–Crippen MR) is 108 cm³/mol. The molecule has 28 heavy (non-hydrogen) atoms. The van der Waals surface area contributed by atoms with Crippen LogP contribution in [-0.4, -0.2) is 49.1 Å². The van der Waals surface area contributed by atoms with Gasteiger partial charge in [-0.05, 0) is 24.3 Å². The van der Waals surface area contributed by atoms with E-state index in [-0.39, 0.29) is 5.52 Å². The molecule has 0 saturated carbocycles. The first kappa shape index (κ1) is 22.2. The number of carbonyl (C=O) groups is 3. The van der Waals surface area contributed by atoms with Crippen LogP contribution in [0.4, 0.5) is 0 Å². The van der Waals surface area contributed by atoms with Crippen LogP contribution in [0.25, 0.3) is 5.52 Å². The molecule has 0 amide bonds. The Morgan fingerprint density at radius 3 is 2.00 bits per heavy atom. The molecular formula is C19H22NO6S2. The van der Waals surface area contributed by atoms with Crippen molar-refractivity contribution >= 4 is 46.9 Å². The molecule has 0 aromatic carbocycles. The third kappa shape index (κ3) is 4.64. The highest BCUT2D eigenvalue weighted by molar-refractivity contribution is 8.02. The first-order chi connectivity index (χ1) is 13.3. The fourth-order valence-electron chi connectivity index (χ4n) is 2.64. The van der Waals surface area contributed by atoms with E-state index in [9.17, 15) is 29.7 Å². The Labute approximate surface area is 171 Å². The molecule has 0 aliphatic heterocycles. The zero-order valence-corrected chi connectivity index (χ0v) is 17.3. The number of unbranched alkanes of at least 4 members (excludes halogenated alkanes) is 2. The molecule has 2 heterocycles. The topological polar surface area (TPSA) is 116 Å². The van der Waals surface area contributed by atoms with Crippen molar-refractivity contribution in [1.29, 1.82) is 0 Å². The molecule has 0 fully saturated rings. The molecule has 0 saturated heterocycles. The van der Waals surface area contributed by atoms with E-state index >= 15 is 0 Å². The van der Waals surface area contributed by atoms with E-state index in [0.717, 1.165) is 42.1 Å². The fraction of sp³-hybridized carbons (Fsp3) is 0.421. The van der Waals surface area contributed by atoms with E-state index in [0.29, 0.717) is 5.03 Å². The van der Waals surface area contributed by atoms with Gasteiger partial charge in [0.15, 0.2) is 0 Å². The molecule has 0 aliphatic rings. The number of rotatable bonds is 11. The second kappa shape index (κ2) is 9.88. The van der Waals surface area contributed by atoms with Gasteiger partial charge in [-0.3, -0.25) is 0 Å². The van der Waals surface area contributed by atoms with Gasteiger partial charge in [-0.1, -0.05) is 26.7 Å². The monoisotopic (exact) mass is 424 g/mol. The minimum absolute atomic E-state index is 0.0768. The van der Waals surface area contributed by atoms with Gasteiger partial charge in [0.1, 0.15) is 0 Å². The maximum absolute atomic E-state index is 11.9. The molecule has 0 bridgehead atoms. The summed E-state index contributed by atoms with van der Waals surface area (Å²) in [5, 5.41) is 29.3. The molecule has 0 spiro atoms. The summed E-state index contributed by atoms with van der Waals surface area (Å²) in [5.74, 6) is -2.98. The summed E-state index contributed by atoms with van der Waals surface area (Å²) in [4.78, 5) is 35.9. The highest BCUT2D eigenvalue weighted by Gasteiger charge is 2.29. The zero-order valence-electron chi connectivity index (χ0n) is 15.7. The molecule has 1 radical (unpaired) electrons. The molecule has 2 aromatic heterocycles. The second-order valence-corrected chi connectivity index (χ2v) is 8.28. The third-order valence-corrected chi connectivity index (χ3v) is 6.41. The van der Waals surface area contributed by atoms with Crippen molar-refractivity contribution in [3.8, 4) is 0 Å². The van der Waals surface area contributed by atoms with Crippen LogP contribution in [-0.2, 0) is 0 Å². The minimum atomic E-state index is -1.59. The largest absolute Gasteiger partial charge is 0.478 e. The number of aromatic nitrogens is 1. The van der Waals surface area contributed by atoms with E-state index in [1.807, 2.05) is 0 Å². The Balaban J connectivity index is 2.78. The summed E-state index contributed by atoms with van der Waals surface area (Å²) < 4.78 is 1.47. The van der Waals surface area contributed by atoms with Crippen LogP contribution in [0.1, 0.15) is 70.6 Å². The van der Waals surface area contributed by atoms with Crippen molar-refractivity contribution in [2.24, 2.45) is 0 Å². The van der Waals surface area contributed by atoms with Gasteiger partial charge < -0.3 is 19.7 Å². The Morgan fingerprint density at radius 2 is 1.50 bits per heavy atom. The lowest BCUT2D eigenvalue weighted by Crippen LogP contribution is -2.17. The van der Waals surface area contributed by atoms with Gasteiger partial charge in [-0.2, -0.15) is 0 Å². The van der Waals surface area contributed by atoms with Crippen molar-refractivity contribution in [2.45, 2.75) is 49.5 Å². The molecular weight excluding hydrogens is 402 g/mol. The highest BCUT2D eigenvalue weighted by Crippen LogP contribution is 2.37. The highest BCUT2D eigenvalue weighted by atomic mass is 32.2. The lowest BCUT2D eigenvalue weighted by atomic mass is 10.0. The average Bonchev–Trinajstić information content (AvgIpc) is 2.97. The van der Waals surface area contributed by atoms with Gasteiger partial charge in [0.05, 0.1) is 27.2 Å². The van der Waals surface area contributed by atoms with Crippen molar-refractivity contribution in [1.82, 2.24) is 4.40 Å². The van der Waals surface area contributed by atoms with Crippen LogP contribution >= 0.6 is 23.5 Å². The number of pyridine rings is 1. The number of carboxylic acids is 3. The SMILES string of the molecule is CCCCSc1[c]c2c(C(=O)O)c(C(=O)O)c(C(=O)O)cn2c1SCCCC. The van der Waals surface area contributed by atoms with Gasteiger partial charge in [-0.15, -0.1) is 23.5 Å². The molecule has 0 unspecified atom stereocenters. The third-order valence-electron chi connectivity index (χ3n) is 4.04. The van der Waals surface area contributed by atoms with E-state index in [1.165, 1.54) is 34.1 Å². The van der Waals surface area contributed by atoms with Crippen LogP contribution in [0.3, 0.4) is 0 Å². The van der Waals surface area contributed by atoms with Crippen LogP contribution < -0.4 is 0 Å². The molecule has 0 aliphatic carbocycles. The van der Waals surface area contributed by atoms with Crippen molar-refractivity contribution in [3.63, 3.8) is 0 Å². The Morgan fingerprint density at radius 1 is 0.929 bits per heavy atom. The van der Waals surface area contributed by atoms with Crippen molar-refractivity contribution in [2.75, 3.05) is 11.5 Å². The van der Waals surface area contributed by atoms with Crippen LogP contribution in [0.15, 0.2) is 16.1 Å². The number of thioether (sulfide) groups is 2. The van der Waals surface area contributed by atoms with E-state index in [4.69, 9.17) is 0 Å². The molecule has 2 aromatic rings. The molecule has 2 rings (SSSR count). The molecule has 151 valence electrons. The summed E-state index contributed by atoms with van der Waals surface area (Å²) in [7, 11) is 0. The Hall–Kier alpha value is -2.13. The van der Waals surface area contributed by atoms with Crippen LogP contribution in [0, 0.1) is 6.07 Å². The second-order valence-electron chi connectivity index (χ2n) is 6.09. The van der Waals surface area contributed by atoms with Gasteiger partial charge in [0.2, 0.25) is 0 Å². The van der Waals surface area contributed by atoms with Crippen LogP contribution in [0.2, 0.25) is 0 Å². The van der Waals surface area contributed by atoms with Crippen LogP contribution in [0.5, 0.6) is 0 Å². The van der Waals surface area contributed by atoms with Crippen molar-refractivity contribution in [3.05, 3.63) is 29.0 Å². The summed E-state index contributed by atoms with van der Waals surface area (Å²) in [6.45, 7) is 4.13. The standard InChI is InChI=1S/C19H22NO6S2/c1-3-5-7-27-13-9-12-15(19(25)26)14(18(23)24)11(17(21)22)10-20(12)16(13)28-8-6-4-2/h10H,3-8H2,1-2H3,(H,21,22)(H,23,24)(H,25,26). The molecule has 0 atom stereocenters. The van der Waals surface area contributed by atoms with E-state index in [2.05, 4.69) is 19.9 Å². The maximum Gasteiger partial charge on any atom is 0.338 e. The normalized spacial score (nSPS) is 11.1. The van der Waals surface area contributed by atoms with Gasteiger partial charge in [0.25, 0.3) is 0 Å². The predicted octanol–water partition coefficient (Wildman–Crippen LogP) is 4.62. The molecule has 3 N–H and O–H groups in total. The van der Waals surface area contributed by atoms with E-state index < -0.39 is 34.6 Å². The van der Waals surface area contributed by atoms with Crippen molar-refractivity contribution < 1.29 is 29.7 Å². The number of hydrogen-bond acceptors (Lipinski definition) is 5. The summed E-state index contributed by atoms with van der Waals surface area (Å²) in [5.41, 5.74) is -1.75. The van der Waals surface area contributed by atoms with Gasteiger partial charge in [0, 0.05) is 17.2 Å². The number of fused-ring (bicyclic) bond motifs is 1. The molecule has 7 nitrogen and oxygen atoms in total. The van der Waals surface area contributed by atoms with E-state index in [1.54, 1.807) is 0 Å². The fourth-order valence-corrected chi connectivity index (χ4v) is 5.12. The zero-order chi connectivity index (χ0) is 20.8. The first-order valence-corrected chi connectivity index (χ1v) is 10.9. The summed E-state index contributed by atoms with van der Waals surface area (Å²) in [6.07, 6.45) is 5.11. The lowest BCUT2D eigenvalue weighted by molar-refractivity contribution is 0.0633. The maximum atomic E-state index is 11.9. The number of carboxylic acid groups (broad SMARTS) is 3. The molecule has 9 heteroatoms. The quantitative estimate of drug-likeness (QED) is 0.353. The first-order valence-electron chi connectivity index (χ1n) is 8.93. The average molecular weight is 425 g/mol. The minimum Gasteiger partial charge on any atom is -0.478 e. The summed E-state index contributed by atoms with van der Waals surface area (Å²) in [6, 6.07) is 3.03. The summed E-state index contributed by atoms with van der Waals surface area (Å²) >= 11 is 3.02. The number of hydrogen-bond donors (Lipinski definition) is 3. The smallest absolute Gasteiger partial charge is 0.338 e. The van der Waals surface area contributed by atoms with Gasteiger partial charge in [-0.25, -0.2) is 14.4 Å². The number of nitrogens with zero attached hydrogens (tertiary/aromatic N) is 1. The lowest BCUT2D eigenvalue weighted by Gasteiger charge is -2.11. The Kier molecular flexibility index (Phi) is 7.82. The Bertz CT molecular complexity index is 906. The van der Waals surface area contributed by atoms with Gasteiger partial charge >= 0.3 is 17.9 Å².